The summed E-state index contributed by atoms with van der Waals surface area (Å²) >= 11 is 0. The maximum absolute atomic E-state index is 13.8. The van der Waals surface area contributed by atoms with Crippen molar-refractivity contribution in [3.8, 4) is 12.1 Å². The Morgan fingerprint density at radius 1 is 1.37 bits per heavy atom. The second-order valence-electron chi connectivity index (χ2n) is 10.9. The summed E-state index contributed by atoms with van der Waals surface area (Å²) in [6.45, 7) is 9.11. The molecular weight excluding hydrogens is 453 g/mol. The van der Waals surface area contributed by atoms with E-state index in [0.717, 1.165) is 30.0 Å². The first kappa shape index (κ1) is 25.4. The van der Waals surface area contributed by atoms with Gasteiger partial charge in [-0.1, -0.05) is 20.8 Å². The molecule has 0 radical (unpaired) electrons. The number of alkyl halides is 1. The monoisotopic (exact) mass is 489 g/mol. The molecule has 11 heteroatoms. The predicted octanol–water partition coefficient (Wildman–Crippen LogP) is 2.04. The lowest BCUT2D eigenvalue weighted by molar-refractivity contribution is -0.00290. The lowest BCUT2D eigenvalue weighted by atomic mass is 9.69. The summed E-state index contributed by atoms with van der Waals surface area (Å²) in [6, 6.07) is 2.46. The van der Waals surface area contributed by atoms with Crippen molar-refractivity contribution in [2.75, 3.05) is 51.3 Å². The fourth-order valence-electron chi connectivity index (χ4n) is 5.58. The summed E-state index contributed by atoms with van der Waals surface area (Å²) in [7, 11) is 1.89. The first-order valence-electron chi connectivity index (χ1n) is 12.3. The van der Waals surface area contributed by atoms with Crippen molar-refractivity contribution in [2.45, 2.75) is 64.3 Å². The van der Waals surface area contributed by atoms with Crippen molar-refractivity contribution in [3.05, 3.63) is 11.3 Å². The zero-order valence-electron chi connectivity index (χ0n) is 21.1. The van der Waals surface area contributed by atoms with Crippen LogP contribution in [0.1, 0.15) is 44.9 Å². The van der Waals surface area contributed by atoms with Gasteiger partial charge in [0.25, 0.3) is 0 Å². The molecule has 4 rings (SSSR count). The first-order chi connectivity index (χ1) is 16.6. The van der Waals surface area contributed by atoms with Gasteiger partial charge in [-0.3, -0.25) is 9.80 Å². The molecule has 3 aliphatic heterocycles. The van der Waals surface area contributed by atoms with Gasteiger partial charge in [0.1, 0.15) is 18.6 Å². The van der Waals surface area contributed by atoms with Gasteiger partial charge in [-0.15, -0.1) is 0 Å². The second-order valence-corrected chi connectivity index (χ2v) is 10.9. The number of nitrogens with one attached hydrogen (secondary N) is 1. The minimum absolute atomic E-state index is 0.0329. The molecule has 2 saturated heterocycles. The zero-order valence-corrected chi connectivity index (χ0v) is 21.1. The minimum Gasteiger partial charge on any atom is -0.465 e. The highest BCUT2D eigenvalue weighted by molar-refractivity contribution is 5.68. The van der Waals surface area contributed by atoms with Crippen molar-refractivity contribution in [1.82, 2.24) is 25.1 Å². The van der Waals surface area contributed by atoms with Gasteiger partial charge >= 0.3 is 12.1 Å². The molecule has 2 fully saturated rings. The van der Waals surface area contributed by atoms with Crippen LogP contribution in [0, 0.1) is 16.7 Å². The Bertz CT molecular complexity index is 995. The summed E-state index contributed by atoms with van der Waals surface area (Å²) in [6.07, 6.45) is -0.612. The Labute approximate surface area is 206 Å². The number of nitriles is 1. The number of nitrogens with zero attached hydrogens (tertiary/aromatic N) is 6. The number of fused-ring (bicyclic) bond motifs is 1. The van der Waals surface area contributed by atoms with Crippen LogP contribution in [0.5, 0.6) is 6.01 Å². The molecule has 1 aromatic heterocycles. The number of carboxylic acid groups (broad SMARTS) is 1. The van der Waals surface area contributed by atoms with Crippen molar-refractivity contribution in [3.63, 3.8) is 0 Å². The van der Waals surface area contributed by atoms with Gasteiger partial charge in [0, 0.05) is 44.3 Å². The third-order valence-electron chi connectivity index (χ3n) is 7.80. The van der Waals surface area contributed by atoms with Gasteiger partial charge in [0.15, 0.2) is 0 Å². The van der Waals surface area contributed by atoms with Crippen LogP contribution in [-0.4, -0.2) is 95.1 Å². The van der Waals surface area contributed by atoms with E-state index in [-0.39, 0.29) is 25.0 Å². The van der Waals surface area contributed by atoms with Crippen molar-refractivity contribution in [1.29, 1.82) is 5.26 Å². The smallest absolute Gasteiger partial charge is 0.407 e. The third-order valence-corrected chi connectivity index (χ3v) is 7.80. The summed E-state index contributed by atoms with van der Waals surface area (Å²) in [5.74, 6) is 0.742. The Hall–Kier alpha value is -2.71. The van der Waals surface area contributed by atoms with E-state index in [2.05, 4.69) is 21.3 Å². The maximum Gasteiger partial charge on any atom is 0.407 e. The number of anilines is 1. The molecule has 1 aromatic rings. The molecule has 4 heterocycles. The van der Waals surface area contributed by atoms with Gasteiger partial charge in [0.05, 0.1) is 23.7 Å². The number of hydrogen-bond acceptors (Lipinski definition) is 8. The number of rotatable bonds is 5. The fourth-order valence-corrected chi connectivity index (χ4v) is 5.58. The molecule has 0 aliphatic carbocycles. The third kappa shape index (κ3) is 4.86. The SMILES string of the molecule is CN1C[C@H](F)C[C@H]1COc1nc2c(c(N3CCN(C(=O)O)[C@@](CC#N)(C(C)(C)C)C3)n1)CCNC2. The molecule has 10 nitrogen and oxygen atoms in total. The number of likely N-dealkylation sites (N-methyl/N-ethyl adjacent to an activating group) is 1. The van der Waals surface area contributed by atoms with Crippen LogP contribution in [0.4, 0.5) is 15.0 Å². The number of likely N-dealkylation sites (tertiary alicyclic amines) is 1. The van der Waals surface area contributed by atoms with Crippen molar-refractivity contribution >= 4 is 11.9 Å². The number of ether oxygens (including phenoxy) is 1. The molecule has 0 aromatic carbocycles. The average Bonchev–Trinajstić information content (AvgIpc) is 3.13. The van der Waals surface area contributed by atoms with Gasteiger partial charge in [-0.25, -0.2) is 9.18 Å². The average molecular weight is 490 g/mol. The molecule has 0 bridgehead atoms. The van der Waals surface area contributed by atoms with E-state index in [0.29, 0.717) is 39.2 Å². The number of carbonyl (C=O) groups is 1. The standard InChI is InChI=1S/C24H36FN7O3/c1-23(2,3)24(6-7-26)15-31(9-10-32(24)22(33)34)20-18-5-8-27-12-19(18)28-21(29-20)35-14-17-11-16(25)13-30(17)4/h16-17,27H,5-6,8-15H2,1-4H3,(H,33,34)/t16-,17+,24-/m1/s1. The Kier molecular flexibility index (Phi) is 7.06. The molecular formula is C24H36FN7O3. The molecule has 0 spiro atoms. The molecule has 2 N–H and O–H groups in total. The van der Waals surface area contributed by atoms with Crippen LogP contribution in [-0.2, 0) is 13.0 Å². The summed E-state index contributed by atoms with van der Waals surface area (Å²) < 4.78 is 19.8. The molecule has 0 saturated carbocycles. The Morgan fingerprint density at radius 3 is 2.77 bits per heavy atom. The van der Waals surface area contributed by atoms with Crippen LogP contribution in [0.3, 0.4) is 0 Å². The lowest BCUT2D eigenvalue weighted by Gasteiger charge is -2.55. The predicted molar refractivity (Wildman–Crippen MR) is 128 cm³/mol. The topological polar surface area (TPSA) is 118 Å². The van der Waals surface area contributed by atoms with Gasteiger partial charge in [-0.05, 0) is 31.8 Å². The van der Waals surface area contributed by atoms with Gasteiger partial charge in [0.2, 0.25) is 0 Å². The number of halogens is 1. The summed E-state index contributed by atoms with van der Waals surface area (Å²) in [5, 5.41) is 23.0. The molecule has 0 unspecified atom stereocenters. The molecule has 35 heavy (non-hydrogen) atoms. The Balaban J connectivity index is 1.67. The zero-order chi connectivity index (χ0) is 25.4. The summed E-state index contributed by atoms with van der Waals surface area (Å²) in [5.41, 5.74) is 0.507. The highest BCUT2D eigenvalue weighted by atomic mass is 19.1. The number of aromatic nitrogens is 2. The van der Waals surface area contributed by atoms with Crippen LogP contribution in [0.2, 0.25) is 0 Å². The quantitative estimate of drug-likeness (QED) is 0.641. The fraction of sp³-hybridized carbons (Fsp3) is 0.750. The van der Waals surface area contributed by atoms with E-state index in [1.807, 2.05) is 32.7 Å². The normalized spacial score (nSPS) is 27.4. The molecule has 3 aliphatic rings. The van der Waals surface area contributed by atoms with E-state index in [1.165, 1.54) is 4.90 Å². The van der Waals surface area contributed by atoms with Crippen LogP contribution in [0.25, 0.3) is 0 Å². The highest BCUT2D eigenvalue weighted by Crippen LogP contribution is 2.43. The van der Waals surface area contributed by atoms with E-state index in [4.69, 9.17) is 9.72 Å². The number of amides is 1. The minimum atomic E-state index is -1.01. The second kappa shape index (κ2) is 9.74. The maximum atomic E-state index is 13.8. The molecule has 1 amide bonds. The number of piperazine rings is 1. The first-order valence-corrected chi connectivity index (χ1v) is 12.3. The van der Waals surface area contributed by atoms with Crippen molar-refractivity contribution in [2.24, 2.45) is 5.41 Å². The number of hydrogen-bond donors (Lipinski definition) is 2. The van der Waals surface area contributed by atoms with Gasteiger partial charge < -0.3 is 20.1 Å². The highest BCUT2D eigenvalue weighted by Gasteiger charge is 2.52. The van der Waals surface area contributed by atoms with E-state index >= 15 is 0 Å². The van der Waals surface area contributed by atoms with Crippen LogP contribution in [0.15, 0.2) is 0 Å². The van der Waals surface area contributed by atoms with Crippen LogP contribution >= 0.6 is 0 Å². The van der Waals surface area contributed by atoms with E-state index < -0.39 is 23.2 Å². The molecule has 3 atom stereocenters. The van der Waals surface area contributed by atoms with Crippen molar-refractivity contribution < 1.29 is 19.0 Å². The summed E-state index contributed by atoms with van der Waals surface area (Å²) in [4.78, 5) is 27.1. The molecule has 192 valence electrons. The largest absolute Gasteiger partial charge is 0.465 e. The Morgan fingerprint density at radius 2 is 2.14 bits per heavy atom. The van der Waals surface area contributed by atoms with E-state index in [1.54, 1.807) is 0 Å². The van der Waals surface area contributed by atoms with Crippen LogP contribution < -0.4 is 15.0 Å². The van der Waals surface area contributed by atoms with Gasteiger partial charge in [-0.2, -0.15) is 15.2 Å². The lowest BCUT2D eigenvalue weighted by Crippen LogP contribution is -2.69. The van der Waals surface area contributed by atoms with E-state index in [9.17, 15) is 19.6 Å².